The highest BCUT2D eigenvalue weighted by Gasteiger charge is 2.25. The molecule has 0 aliphatic carbocycles. The van der Waals surface area contributed by atoms with E-state index in [4.69, 9.17) is 9.47 Å². The second-order valence-electron chi connectivity index (χ2n) is 3.95. The average Bonchev–Trinajstić information content (AvgIpc) is 2.43. The highest BCUT2D eigenvalue weighted by atomic mass is 79.9. The van der Waals surface area contributed by atoms with Crippen molar-refractivity contribution in [3.8, 4) is 17.4 Å². The van der Waals surface area contributed by atoms with Gasteiger partial charge in [0.25, 0.3) is 5.56 Å². The summed E-state index contributed by atoms with van der Waals surface area (Å²) in [5.74, 6) is 1.06. The lowest BCUT2D eigenvalue weighted by Gasteiger charge is -2.25. The molecule has 0 fully saturated rings. The van der Waals surface area contributed by atoms with Gasteiger partial charge in [-0.25, -0.2) is 0 Å². The summed E-state index contributed by atoms with van der Waals surface area (Å²) in [5.41, 5.74) is -0.468. The minimum absolute atomic E-state index is 0.00613. The molecule has 0 spiro atoms. The second kappa shape index (κ2) is 4.58. The van der Waals surface area contributed by atoms with E-state index in [9.17, 15) is 9.90 Å². The van der Waals surface area contributed by atoms with E-state index in [-0.39, 0.29) is 22.8 Å². The number of para-hydroxylation sites is 2. The molecular weight excluding hydrogens is 316 g/mol. The monoisotopic (exact) mass is 324 g/mol. The molecule has 1 aliphatic heterocycles. The van der Waals surface area contributed by atoms with Crippen LogP contribution in [0.2, 0.25) is 0 Å². The van der Waals surface area contributed by atoms with Crippen LogP contribution < -0.4 is 15.0 Å². The Morgan fingerprint density at radius 1 is 1.37 bits per heavy atom. The highest BCUT2D eigenvalue weighted by Crippen LogP contribution is 2.35. The van der Waals surface area contributed by atoms with Crippen molar-refractivity contribution in [1.29, 1.82) is 0 Å². The fraction of sp³-hybridized carbons (Fsp3) is 0.167. The van der Waals surface area contributed by atoms with Crippen LogP contribution in [0.5, 0.6) is 17.4 Å². The second-order valence-corrected chi connectivity index (χ2v) is 4.75. The number of aromatic amines is 1. The first kappa shape index (κ1) is 12.0. The third-order valence-corrected chi connectivity index (χ3v) is 3.39. The molecule has 0 saturated heterocycles. The van der Waals surface area contributed by atoms with Crippen LogP contribution in [0.4, 0.5) is 0 Å². The number of fused-ring (bicyclic) bond motifs is 1. The Hall–Kier alpha value is -2.02. The van der Waals surface area contributed by atoms with E-state index < -0.39 is 11.7 Å². The topological polar surface area (TPSA) is 84.4 Å². The van der Waals surface area contributed by atoms with Gasteiger partial charge in [-0.2, -0.15) is 4.98 Å². The number of nitrogens with one attached hydrogen (secondary N) is 1. The Morgan fingerprint density at radius 3 is 2.84 bits per heavy atom. The van der Waals surface area contributed by atoms with Crippen LogP contribution >= 0.6 is 15.9 Å². The van der Waals surface area contributed by atoms with E-state index >= 15 is 0 Å². The number of nitrogens with zero attached hydrogens (tertiary/aromatic N) is 1. The molecule has 2 heterocycles. The van der Waals surface area contributed by atoms with Gasteiger partial charge in [0.1, 0.15) is 11.1 Å². The predicted molar refractivity (Wildman–Crippen MR) is 69.5 cm³/mol. The molecular formula is C12H9BrN2O4. The number of ether oxygens (including phenoxy) is 2. The number of benzene rings is 1. The molecule has 2 aromatic rings. The van der Waals surface area contributed by atoms with Crippen molar-refractivity contribution in [3.63, 3.8) is 0 Å². The van der Waals surface area contributed by atoms with Crippen LogP contribution in [0.1, 0.15) is 11.9 Å². The van der Waals surface area contributed by atoms with E-state index in [0.29, 0.717) is 11.5 Å². The Morgan fingerprint density at radius 2 is 2.11 bits per heavy atom. The Kier molecular flexibility index (Phi) is 2.90. The molecule has 7 heteroatoms. The molecule has 0 bridgehead atoms. The number of aromatic hydroxyl groups is 1. The van der Waals surface area contributed by atoms with Crippen molar-refractivity contribution >= 4 is 15.9 Å². The summed E-state index contributed by atoms with van der Waals surface area (Å²) in [6.45, 7) is 0.209. The highest BCUT2D eigenvalue weighted by molar-refractivity contribution is 9.10. The third-order valence-electron chi connectivity index (χ3n) is 2.68. The number of hydrogen-bond donors (Lipinski definition) is 2. The van der Waals surface area contributed by atoms with Crippen LogP contribution in [-0.4, -0.2) is 21.7 Å². The summed E-state index contributed by atoms with van der Waals surface area (Å²) in [4.78, 5) is 18.0. The summed E-state index contributed by atoms with van der Waals surface area (Å²) in [6.07, 6.45) is -0.568. The first-order chi connectivity index (χ1) is 9.15. The van der Waals surface area contributed by atoms with Gasteiger partial charge in [0.05, 0.1) is 0 Å². The summed E-state index contributed by atoms with van der Waals surface area (Å²) < 4.78 is 11.2. The van der Waals surface area contributed by atoms with Gasteiger partial charge < -0.3 is 19.6 Å². The molecule has 98 valence electrons. The van der Waals surface area contributed by atoms with Gasteiger partial charge in [-0.15, -0.1) is 0 Å². The first-order valence-corrected chi connectivity index (χ1v) is 6.31. The fourth-order valence-corrected chi connectivity index (χ4v) is 1.96. The van der Waals surface area contributed by atoms with Gasteiger partial charge in [0, 0.05) is 0 Å². The summed E-state index contributed by atoms with van der Waals surface area (Å²) in [6, 6.07) is 7.22. The Labute approximate surface area is 116 Å². The Balaban J connectivity index is 1.95. The standard InChI is InChI=1S/C12H9BrN2O4/c13-9-11(16)14-10(15-12(9)17)8-5-18-6-3-1-2-4-7(6)19-8/h1-4,8H,5H2,(H2,14,15,16,17). The number of halogens is 1. The maximum Gasteiger partial charge on any atom is 0.269 e. The van der Waals surface area contributed by atoms with Gasteiger partial charge in [-0.3, -0.25) is 4.79 Å². The normalized spacial score (nSPS) is 17.2. The molecule has 2 N–H and O–H groups in total. The molecule has 1 aliphatic rings. The third kappa shape index (κ3) is 2.17. The van der Waals surface area contributed by atoms with E-state index in [0.717, 1.165) is 0 Å². The largest absolute Gasteiger partial charge is 0.492 e. The van der Waals surface area contributed by atoms with E-state index in [1.807, 2.05) is 12.1 Å². The minimum atomic E-state index is -0.568. The maximum atomic E-state index is 11.6. The van der Waals surface area contributed by atoms with Crippen LogP contribution in [-0.2, 0) is 0 Å². The smallest absolute Gasteiger partial charge is 0.269 e. The SMILES string of the molecule is O=c1[nH]c(C2COc3ccccc3O2)nc(O)c1Br. The van der Waals surface area contributed by atoms with Crippen molar-refractivity contribution in [3.05, 3.63) is 44.9 Å². The molecule has 3 rings (SSSR count). The van der Waals surface area contributed by atoms with Crippen LogP contribution in [0, 0.1) is 0 Å². The van der Waals surface area contributed by atoms with Gasteiger partial charge in [-0.1, -0.05) is 12.1 Å². The zero-order valence-electron chi connectivity index (χ0n) is 9.59. The summed E-state index contributed by atoms with van der Waals surface area (Å²) in [5, 5.41) is 9.53. The van der Waals surface area contributed by atoms with Crippen molar-refractivity contribution in [1.82, 2.24) is 9.97 Å². The van der Waals surface area contributed by atoms with Gasteiger partial charge >= 0.3 is 0 Å². The maximum absolute atomic E-state index is 11.6. The molecule has 1 aromatic heterocycles. The quantitative estimate of drug-likeness (QED) is 0.834. The van der Waals surface area contributed by atoms with Crippen molar-refractivity contribution in [2.45, 2.75) is 6.10 Å². The van der Waals surface area contributed by atoms with E-state index in [1.54, 1.807) is 12.1 Å². The first-order valence-electron chi connectivity index (χ1n) is 5.52. The minimum Gasteiger partial charge on any atom is -0.492 e. The zero-order chi connectivity index (χ0) is 13.4. The lowest BCUT2D eigenvalue weighted by atomic mass is 10.2. The van der Waals surface area contributed by atoms with Crippen LogP contribution in [0.3, 0.4) is 0 Å². The molecule has 0 saturated carbocycles. The zero-order valence-corrected chi connectivity index (χ0v) is 11.2. The number of H-pyrrole nitrogens is 1. The van der Waals surface area contributed by atoms with Gasteiger partial charge in [0.2, 0.25) is 5.88 Å². The lowest BCUT2D eigenvalue weighted by molar-refractivity contribution is 0.0843. The Bertz CT molecular complexity index is 686. The molecule has 1 atom stereocenters. The molecule has 1 unspecified atom stereocenters. The number of rotatable bonds is 1. The lowest BCUT2D eigenvalue weighted by Crippen LogP contribution is -2.26. The molecule has 0 amide bonds. The molecule has 6 nitrogen and oxygen atoms in total. The number of hydrogen-bond acceptors (Lipinski definition) is 5. The number of aromatic nitrogens is 2. The van der Waals surface area contributed by atoms with Crippen molar-refractivity contribution in [2.24, 2.45) is 0 Å². The van der Waals surface area contributed by atoms with E-state index in [1.165, 1.54) is 0 Å². The van der Waals surface area contributed by atoms with Gasteiger partial charge in [-0.05, 0) is 28.1 Å². The summed E-state index contributed by atoms with van der Waals surface area (Å²) in [7, 11) is 0. The molecule has 19 heavy (non-hydrogen) atoms. The average molecular weight is 325 g/mol. The fourth-order valence-electron chi connectivity index (χ4n) is 1.77. The predicted octanol–water partition coefficient (Wildman–Crippen LogP) is 1.75. The van der Waals surface area contributed by atoms with Crippen molar-refractivity contribution < 1.29 is 14.6 Å². The molecule has 1 aromatic carbocycles. The van der Waals surface area contributed by atoms with Crippen LogP contribution in [0.15, 0.2) is 33.5 Å². The molecule has 0 radical (unpaired) electrons. The van der Waals surface area contributed by atoms with E-state index in [2.05, 4.69) is 25.9 Å². The van der Waals surface area contributed by atoms with Gasteiger partial charge in [0.15, 0.2) is 23.4 Å². The van der Waals surface area contributed by atoms with Crippen LogP contribution in [0.25, 0.3) is 0 Å². The van der Waals surface area contributed by atoms with Crippen molar-refractivity contribution in [2.75, 3.05) is 6.61 Å². The summed E-state index contributed by atoms with van der Waals surface area (Å²) >= 11 is 2.93.